The summed E-state index contributed by atoms with van der Waals surface area (Å²) in [4.78, 5) is 30.1. The van der Waals surface area contributed by atoms with Crippen LogP contribution < -0.4 is 5.56 Å². The number of aromatic nitrogens is 2. The van der Waals surface area contributed by atoms with Gasteiger partial charge in [-0.3, -0.25) is 14.0 Å². The maximum Gasteiger partial charge on any atom is 0.313 e. The molecule has 0 aliphatic heterocycles. The van der Waals surface area contributed by atoms with Gasteiger partial charge in [0.05, 0.1) is 21.8 Å². The highest BCUT2D eigenvalue weighted by Crippen LogP contribution is 2.35. The molecule has 1 aliphatic carbocycles. The minimum absolute atomic E-state index is 0.174. The molecular weight excluding hydrogens is 420 g/mol. The van der Waals surface area contributed by atoms with E-state index in [1.54, 1.807) is 6.07 Å². The zero-order chi connectivity index (χ0) is 22.3. The van der Waals surface area contributed by atoms with E-state index in [2.05, 4.69) is 11.9 Å². The van der Waals surface area contributed by atoms with Gasteiger partial charge in [0, 0.05) is 6.07 Å². The fraction of sp³-hybridized carbons (Fsp3) is 0.346. The topological polar surface area (TPSA) is 60.7 Å². The van der Waals surface area contributed by atoms with Gasteiger partial charge in [-0.15, -0.1) is 0 Å². The van der Waals surface area contributed by atoms with Crippen LogP contribution in [0.15, 0.2) is 59.4 Å². The van der Waals surface area contributed by atoms with Crippen LogP contribution in [-0.4, -0.2) is 21.0 Å². The van der Waals surface area contributed by atoms with Crippen LogP contribution in [-0.2, 0) is 9.53 Å². The zero-order valence-corrected chi connectivity index (χ0v) is 19.2. The number of nitrogens with zero attached hydrogens (tertiary/aromatic N) is 2. The minimum Gasteiger partial charge on any atom is -0.459 e. The number of ether oxygens (including phenoxy) is 1. The van der Waals surface area contributed by atoms with Crippen LogP contribution in [0.25, 0.3) is 26.4 Å². The summed E-state index contributed by atoms with van der Waals surface area (Å²) in [5, 5.41) is 0. The Hall–Kier alpha value is -2.99. The molecule has 6 heteroatoms. The molecule has 2 aromatic carbocycles. The number of fused-ring (bicyclic) bond motifs is 3. The lowest BCUT2D eigenvalue weighted by atomic mass is 9.86. The fourth-order valence-electron chi connectivity index (χ4n) is 4.62. The molecule has 0 N–H and O–H groups in total. The molecular formula is C26H26N2O3S. The van der Waals surface area contributed by atoms with Gasteiger partial charge in [-0.05, 0) is 62.8 Å². The minimum atomic E-state index is -0.356. The first kappa shape index (κ1) is 20.9. The predicted molar refractivity (Wildman–Crippen MR) is 128 cm³/mol. The number of esters is 1. The predicted octanol–water partition coefficient (Wildman–Crippen LogP) is 5.95. The monoisotopic (exact) mass is 446 g/mol. The maximum absolute atomic E-state index is 12.9. The van der Waals surface area contributed by atoms with Crippen molar-refractivity contribution in [1.29, 1.82) is 0 Å². The first-order valence-corrected chi connectivity index (χ1v) is 12.0. The summed E-state index contributed by atoms with van der Waals surface area (Å²) in [6.07, 6.45) is 5.31. The molecule has 0 amide bonds. The van der Waals surface area contributed by atoms with E-state index in [1.807, 2.05) is 59.9 Å². The highest BCUT2D eigenvalue weighted by molar-refractivity contribution is 7.23. The maximum atomic E-state index is 12.9. The van der Waals surface area contributed by atoms with E-state index < -0.39 is 0 Å². The average Bonchev–Trinajstić information content (AvgIpc) is 3.16. The first-order chi connectivity index (χ1) is 15.4. The van der Waals surface area contributed by atoms with Crippen molar-refractivity contribution in [3.05, 3.63) is 70.5 Å². The summed E-state index contributed by atoms with van der Waals surface area (Å²) < 4.78 is 8.97. The van der Waals surface area contributed by atoms with Crippen LogP contribution in [0.3, 0.4) is 0 Å². The van der Waals surface area contributed by atoms with E-state index in [0.29, 0.717) is 4.96 Å². The van der Waals surface area contributed by atoms with Crippen molar-refractivity contribution in [2.24, 2.45) is 0 Å². The highest BCUT2D eigenvalue weighted by atomic mass is 32.1. The third-order valence-corrected chi connectivity index (χ3v) is 7.51. The standard InChI is InChI=1S/C26H26N2O3S/c1-17(24(30)31-26(2)13-7-4-8-14-26)19-11-12-20-22(15-19)32-25-27-23(29)16-21(28(20)25)18-9-5-3-6-10-18/h3,5-6,9-12,15-17H,4,7-8,13-14H2,1-2H3. The van der Waals surface area contributed by atoms with Gasteiger partial charge < -0.3 is 4.74 Å². The lowest BCUT2D eigenvalue weighted by Crippen LogP contribution is -2.35. The zero-order valence-electron chi connectivity index (χ0n) is 18.3. The van der Waals surface area contributed by atoms with Crippen LogP contribution in [0.1, 0.15) is 57.4 Å². The van der Waals surface area contributed by atoms with Crippen LogP contribution in [0.5, 0.6) is 0 Å². The van der Waals surface area contributed by atoms with Gasteiger partial charge in [0.2, 0.25) is 0 Å². The second kappa shape index (κ2) is 8.17. The van der Waals surface area contributed by atoms with Crippen LogP contribution in [0.2, 0.25) is 0 Å². The van der Waals surface area contributed by atoms with Crippen molar-refractivity contribution in [1.82, 2.24) is 9.38 Å². The van der Waals surface area contributed by atoms with E-state index in [9.17, 15) is 9.59 Å². The second-order valence-corrected chi connectivity index (χ2v) is 9.96. The number of hydrogen-bond donors (Lipinski definition) is 0. The van der Waals surface area contributed by atoms with E-state index in [0.717, 1.165) is 52.7 Å². The van der Waals surface area contributed by atoms with Gasteiger partial charge in [0.15, 0.2) is 4.96 Å². The van der Waals surface area contributed by atoms with Crippen LogP contribution in [0.4, 0.5) is 0 Å². The molecule has 0 bridgehead atoms. The van der Waals surface area contributed by atoms with Crippen molar-refractivity contribution in [3.63, 3.8) is 0 Å². The van der Waals surface area contributed by atoms with Crippen LogP contribution in [0, 0.1) is 0 Å². The molecule has 4 aromatic rings. The van der Waals surface area contributed by atoms with Crippen molar-refractivity contribution in [2.75, 3.05) is 0 Å². The number of carbonyl (C=O) groups is 1. The molecule has 5 nitrogen and oxygen atoms in total. The van der Waals surface area contributed by atoms with Crippen molar-refractivity contribution in [2.45, 2.75) is 57.5 Å². The third kappa shape index (κ3) is 3.84. The third-order valence-electron chi connectivity index (χ3n) is 6.51. The Labute approximate surface area is 190 Å². The molecule has 1 unspecified atom stereocenters. The molecule has 1 fully saturated rings. The Morgan fingerprint density at radius 2 is 1.84 bits per heavy atom. The molecule has 32 heavy (non-hydrogen) atoms. The molecule has 2 aromatic heterocycles. The highest BCUT2D eigenvalue weighted by Gasteiger charge is 2.32. The van der Waals surface area contributed by atoms with Gasteiger partial charge in [0.25, 0.3) is 5.56 Å². The molecule has 1 saturated carbocycles. The van der Waals surface area contributed by atoms with Crippen molar-refractivity contribution in [3.8, 4) is 11.3 Å². The molecule has 0 radical (unpaired) electrons. The SMILES string of the molecule is CC(C(=O)OC1(C)CCCCC1)c1ccc2c(c1)sc1nc(=O)cc(-c3ccccc3)n12. The summed E-state index contributed by atoms with van der Waals surface area (Å²) in [6, 6.07) is 17.5. The Morgan fingerprint density at radius 3 is 2.59 bits per heavy atom. The van der Waals surface area contributed by atoms with Gasteiger partial charge in [-0.1, -0.05) is 54.2 Å². The second-order valence-electron chi connectivity index (χ2n) is 8.95. The molecule has 1 aliphatic rings. The number of carbonyl (C=O) groups excluding carboxylic acids is 1. The smallest absolute Gasteiger partial charge is 0.313 e. The summed E-state index contributed by atoms with van der Waals surface area (Å²) in [5.41, 5.74) is 3.06. The van der Waals surface area contributed by atoms with E-state index in [-0.39, 0.29) is 23.0 Å². The van der Waals surface area contributed by atoms with Gasteiger partial charge in [0.1, 0.15) is 5.60 Å². The summed E-state index contributed by atoms with van der Waals surface area (Å²) in [5.74, 6) is -0.530. The number of benzene rings is 2. The Balaban J connectivity index is 1.52. The number of hydrogen-bond acceptors (Lipinski definition) is 5. The Bertz CT molecular complexity index is 1350. The Kier molecular flexibility index (Phi) is 5.33. The van der Waals surface area contributed by atoms with Crippen molar-refractivity contribution >= 4 is 32.5 Å². The summed E-state index contributed by atoms with van der Waals surface area (Å²) >= 11 is 1.46. The largest absolute Gasteiger partial charge is 0.459 e. The quantitative estimate of drug-likeness (QED) is 0.364. The van der Waals surface area contributed by atoms with Gasteiger partial charge in [-0.25, -0.2) is 0 Å². The van der Waals surface area contributed by atoms with E-state index in [1.165, 1.54) is 17.8 Å². The van der Waals surface area contributed by atoms with Gasteiger partial charge >= 0.3 is 5.97 Å². The van der Waals surface area contributed by atoms with Crippen LogP contribution >= 0.6 is 11.3 Å². The molecule has 0 saturated heterocycles. The summed E-state index contributed by atoms with van der Waals surface area (Å²) in [6.45, 7) is 3.96. The first-order valence-electron chi connectivity index (χ1n) is 11.2. The van der Waals surface area contributed by atoms with E-state index in [4.69, 9.17) is 4.74 Å². The molecule has 2 heterocycles. The molecule has 164 valence electrons. The average molecular weight is 447 g/mol. The fourth-order valence-corrected chi connectivity index (χ4v) is 5.70. The van der Waals surface area contributed by atoms with E-state index >= 15 is 0 Å². The number of thiazole rings is 1. The molecule has 0 spiro atoms. The Morgan fingerprint density at radius 1 is 1.09 bits per heavy atom. The van der Waals surface area contributed by atoms with Crippen molar-refractivity contribution < 1.29 is 9.53 Å². The molecule has 5 rings (SSSR count). The lowest BCUT2D eigenvalue weighted by molar-refractivity contribution is -0.162. The van der Waals surface area contributed by atoms with Gasteiger partial charge in [-0.2, -0.15) is 4.98 Å². The molecule has 1 atom stereocenters. The number of rotatable bonds is 4. The lowest BCUT2D eigenvalue weighted by Gasteiger charge is -2.34. The summed E-state index contributed by atoms with van der Waals surface area (Å²) in [7, 11) is 0. The normalized spacial score (nSPS) is 16.8.